The average Bonchev–Trinajstić information content (AvgIpc) is 3.01. The number of rotatable bonds is 3. The highest BCUT2D eigenvalue weighted by Crippen LogP contribution is 2.43. The summed E-state index contributed by atoms with van der Waals surface area (Å²) in [6, 6.07) is 6.15. The van der Waals surface area contributed by atoms with Crippen LogP contribution >= 0.6 is 12.4 Å². The molecule has 4 rings (SSSR count). The number of ether oxygens (including phenoxy) is 2. The van der Waals surface area contributed by atoms with Crippen molar-refractivity contribution in [2.45, 2.75) is 25.8 Å². The number of likely N-dealkylation sites (tertiary alicyclic amines) is 1. The van der Waals surface area contributed by atoms with Crippen molar-refractivity contribution < 1.29 is 14.3 Å². The van der Waals surface area contributed by atoms with E-state index in [1.807, 2.05) is 12.1 Å². The van der Waals surface area contributed by atoms with Crippen LogP contribution in [0.4, 0.5) is 0 Å². The van der Waals surface area contributed by atoms with Crippen molar-refractivity contribution in [3.8, 4) is 11.5 Å². The van der Waals surface area contributed by atoms with E-state index in [0.717, 1.165) is 49.5 Å². The van der Waals surface area contributed by atoms with Gasteiger partial charge in [-0.2, -0.15) is 0 Å². The van der Waals surface area contributed by atoms with Crippen molar-refractivity contribution >= 4 is 18.3 Å². The number of amides is 1. The standard InChI is InChI=1S/C18H24N2O3.ClH/c1-12(13-10-19-11-13)18(21)20-7-3-5-15(20)14-4-2-6-16-17(14)23-9-8-22-16;/h2,4,6,12-13,15,19H,3,5,7-11H2,1H3;1H. The van der Waals surface area contributed by atoms with Crippen LogP contribution in [-0.4, -0.2) is 43.7 Å². The molecule has 0 radical (unpaired) electrons. The lowest BCUT2D eigenvalue weighted by atomic mass is 9.87. The maximum atomic E-state index is 13.0. The molecule has 2 atom stereocenters. The normalized spacial score (nSPS) is 24.0. The largest absolute Gasteiger partial charge is 0.486 e. The second-order valence-corrected chi connectivity index (χ2v) is 6.77. The second-order valence-electron chi connectivity index (χ2n) is 6.77. The van der Waals surface area contributed by atoms with Gasteiger partial charge in [0.2, 0.25) is 5.91 Å². The molecule has 0 saturated carbocycles. The minimum absolute atomic E-state index is 0. The van der Waals surface area contributed by atoms with Crippen LogP contribution in [0.3, 0.4) is 0 Å². The molecule has 6 heteroatoms. The third-order valence-electron chi connectivity index (χ3n) is 5.40. The summed E-state index contributed by atoms with van der Waals surface area (Å²) in [4.78, 5) is 15.0. The van der Waals surface area contributed by atoms with E-state index in [0.29, 0.717) is 19.1 Å². The van der Waals surface area contributed by atoms with Crippen LogP contribution in [0, 0.1) is 11.8 Å². The summed E-state index contributed by atoms with van der Waals surface area (Å²) in [5.41, 5.74) is 1.10. The zero-order valence-corrected chi connectivity index (χ0v) is 14.8. The van der Waals surface area contributed by atoms with Gasteiger partial charge in [0.1, 0.15) is 13.2 Å². The minimum atomic E-state index is 0. The Labute approximate surface area is 149 Å². The van der Waals surface area contributed by atoms with E-state index >= 15 is 0 Å². The van der Waals surface area contributed by atoms with E-state index < -0.39 is 0 Å². The first-order chi connectivity index (χ1) is 11.3. The molecule has 0 aliphatic carbocycles. The summed E-state index contributed by atoms with van der Waals surface area (Å²) < 4.78 is 11.6. The number of hydrogen-bond acceptors (Lipinski definition) is 4. The Morgan fingerprint density at radius 2 is 2.08 bits per heavy atom. The van der Waals surface area contributed by atoms with Gasteiger partial charge in [0.15, 0.2) is 11.5 Å². The molecule has 5 nitrogen and oxygen atoms in total. The van der Waals surface area contributed by atoms with Gasteiger partial charge in [-0.3, -0.25) is 4.79 Å². The maximum absolute atomic E-state index is 13.0. The molecular weight excluding hydrogens is 328 g/mol. The number of nitrogens with zero attached hydrogens (tertiary/aromatic N) is 1. The first-order valence-electron chi connectivity index (χ1n) is 8.65. The Hall–Kier alpha value is -1.46. The van der Waals surface area contributed by atoms with Crippen LogP contribution in [0.5, 0.6) is 11.5 Å². The molecule has 2 saturated heterocycles. The molecule has 0 spiro atoms. The molecule has 3 aliphatic heterocycles. The van der Waals surface area contributed by atoms with Gasteiger partial charge < -0.3 is 19.7 Å². The van der Waals surface area contributed by atoms with E-state index in [9.17, 15) is 4.79 Å². The third kappa shape index (κ3) is 2.95. The fourth-order valence-corrected chi connectivity index (χ4v) is 3.84. The van der Waals surface area contributed by atoms with E-state index in [-0.39, 0.29) is 30.3 Å². The summed E-state index contributed by atoms with van der Waals surface area (Å²) in [5, 5.41) is 3.26. The molecule has 2 unspecified atom stereocenters. The van der Waals surface area contributed by atoms with Gasteiger partial charge in [-0.15, -0.1) is 12.4 Å². The zero-order valence-electron chi connectivity index (χ0n) is 14.0. The average molecular weight is 353 g/mol. The molecule has 1 N–H and O–H groups in total. The van der Waals surface area contributed by atoms with E-state index in [1.54, 1.807) is 0 Å². The lowest BCUT2D eigenvalue weighted by Gasteiger charge is -2.36. The number of halogens is 1. The highest BCUT2D eigenvalue weighted by Gasteiger charge is 2.38. The van der Waals surface area contributed by atoms with Gasteiger partial charge in [0.25, 0.3) is 0 Å². The molecule has 0 bridgehead atoms. The van der Waals surface area contributed by atoms with E-state index in [2.05, 4.69) is 23.2 Å². The topological polar surface area (TPSA) is 50.8 Å². The second kappa shape index (κ2) is 7.19. The summed E-state index contributed by atoms with van der Waals surface area (Å²) >= 11 is 0. The lowest BCUT2D eigenvalue weighted by molar-refractivity contribution is -0.138. The van der Waals surface area contributed by atoms with Crippen LogP contribution in [0.15, 0.2) is 18.2 Å². The van der Waals surface area contributed by atoms with Crippen LogP contribution < -0.4 is 14.8 Å². The van der Waals surface area contributed by atoms with Crippen LogP contribution in [0.25, 0.3) is 0 Å². The fraction of sp³-hybridized carbons (Fsp3) is 0.611. The number of carbonyl (C=O) groups excluding carboxylic acids is 1. The van der Waals surface area contributed by atoms with E-state index in [4.69, 9.17) is 9.47 Å². The predicted octanol–water partition coefficient (Wildman–Crippen LogP) is 2.40. The quantitative estimate of drug-likeness (QED) is 0.907. The summed E-state index contributed by atoms with van der Waals surface area (Å²) in [6.07, 6.45) is 2.05. The Kier molecular flexibility index (Phi) is 5.21. The first-order valence-corrected chi connectivity index (χ1v) is 8.65. The Morgan fingerprint density at radius 3 is 2.83 bits per heavy atom. The van der Waals surface area contributed by atoms with Gasteiger partial charge in [0.05, 0.1) is 6.04 Å². The minimum Gasteiger partial charge on any atom is -0.486 e. The Balaban J connectivity index is 0.00000169. The van der Waals surface area contributed by atoms with Gasteiger partial charge in [0, 0.05) is 18.0 Å². The number of hydrogen-bond donors (Lipinski definition) is 1. The van der Waals surface area contributed by atoms with Gasteiger partial charge in [-0.1, -0.05) is 19.1 Å². The summed E-state index contributed by atoms with van der Waals surface area (Å²) in [7, 11) is 0. The molecular formula is C18H25ClN2O3. The maximum Gasteiger partial charge on any atom is 0.226 e. The van der Waals surface area contributed by atoms with Crippen molar-refractivity contribution in [3.05, 3.63) is 23.8 Å². The SMILES string of the molecule is CC(C(=O)N1CCCC1c1cccc2c1OCCO2)C1CNC1.Cl. The highest BCUT2D eigenvalue weighted by molar-refractivity contribution is 5.85. The molecule has 3 aliphatic rings. The number of fused-ring (bicyclic) bond motifs is 1. The molecule has 1 amide bonds. The smallest absolute Gasteiger partial charge is 0.226 e. The van der Waals surface area contributed by atoms with Crippen LogP contribution in [0.1, 0.15) is 31.4 Å². The number of benzene rings is 1. The van der Waals surface area contributed by atoms with Gasteiger partial charge >= 0.3 is 0 Å². The molecule has 0 aromatic heterocycles. The van der Waals surface area contributed by atoms with Crippen LogP contribution in [0.2, 0.25) is 0 Å². The molecule has 3 heterocycles. The molecule has 132 valence electrons. The Morgan fingerprint density at radius 1 is 1.29 bits per heavy atom. The number of carbonyl (C=O) groups is 1. The van der Waals surface area contributed by atoms with Crippen molar-refractivity contribution in [1.29, 1.82) is 0 Å². The number of nitrogens with one attached hydrogen (secondary N) is 1. The highest BCUT2D eigenvalue weighted by atomic mass is 35.5. The summed E-state index contributed by atoms with van der Waals surface area (Å²) in [5.74, 6) is 2.50. The lowest BCUT2D eigenvalue weighted by Crippen LogP contribution is -2.50. The van der Waals surface area contributed by atoms with Crippen LogP contribution in [-0.2, 0) is 4.79 Å². The molecule has 1 aromatic rings. The monoisotopic (exact) mass is 352 g/mol. The van der Waals surface area contributed by atoms with E-state index in [1.165, 1.54) is 0 Å². The molecule has 24 heavy (non-hydrogen) atoms. The summed E-state index contributed by atoms with van der Waals surface area (Å²) in [6.45, 7) is 6.01. The molecule has 2 fully saturated rings. The predicted molar refractivity (Wildman–Crippen MR) is 93.9 cm³/mol. The Bertz CT molecular complexity index is 606. The van der Waals surface area contributed by atoms with Crippen molar-refractivity contribution in [1.82, 2.24) is 10.2 Å². The van der Waals surface area contributed by atoms with Gasteiger partial charge in [-0.05, 0) is 37.9 Å². The fourth-order valence-electron chi connectivity index (χ4n) is 3.84. The van der Waals surface area contributed by atoms with Gasteiger partial charge in [-0.25, -0.2) is 0 Å². The molecule has 1 aromatic carbocycles. The number of para-hydroxylation sites is 1. The van der Waals surface area contributed by atoms with Crippen molar-refractivity contribution in [3.63, 3.8) is 0 Å². The van der Waals surface area contributed by atoms with Crippen molar-refractivity contribution in [2.75, 3.05) is 32.8 Å². The first kappa shape index (κ1) is 17.4. The van der Waals surface area contributed by atoms with Crippen molar-refractivity contribution in [2.24, 2.45) is 11.8 Å². The zero-order chi connectivity index (χ0) is 15.8. The third-order valence-corrected chi connectivity index (χ3v) is 5.40.